The summed E-state index contributed by atoms with van der Waals surface area (Å²) in [4.78, 5) is 6.93. The molecule has 8 heteroatoms. The van der Waals surface area contributed by atoms with Crippen molar-refractivity contribution in [1.29, 1.82) is 0 Å². The van der Waals surface area contributed by atoms with Crippen LogP contribution in [0, 0.1) is 5.92 Å². The molecule has 0 spiro atoms. The number of halogens is 3. The van der Waals surface area contributed by atoms with Gasteiger partial charge >= 0.3 is 6.18 Å². The quantitative estimate of drug-likeness (QED) is 0.863. The number of alkyl halides is 3. The fourth-order valence-corrected chi connectivity index (χ4v) is 1.46. The first-order valence-electron chi connectivity index (χ1n) is 5.71. The van der Waals surface area contributed by atoms with Crippen LogP contribution < -0.4 is 11.1 Å². The van der Waals surface area contributed by atoms with Crippen molar-refractivity contribution in [2.75, 3.05) is 24.8 Å². The van der Waals surface area contributed by atoms with Gasteiger partial charge in [0.05, 0.1) is 12.6 Å². The smallest absolute Gasteiger partial charge is 0.383 e. The van der Waals surface area contributed by atoms with Crippen LogP contribution in [0.2, 0.25) is 0 Å². The number of nitrogens with one attached hydrogen (secondary N) is 1. The van der Waals surface area contributed by atoms with Crippen molar-refractivity contribution in [2.45, 2.75) is 26.1 Å². The number of rotatable bonds is 5. The standard InChI is InChI=1S/C11H17F3N4O/c1-6(2)7(5-19-3)16-9-4-8(11(12,13)14)17-10(15)18-9/h4,6-7H,5H2,1-3H3,(H3,15,16,17,18). The van der Waals surface area contributed by atoms with Crippen LogP contribution in [0.4, 0.5) is 24.9 Å². The van der Waals surface area contributed by atoms with E-state index < -0.39 is 17.8 Å². The first-order chi connectivity index (χ1) is 8.74. The third-order valence-electron chi connectivity index (χ3n) is 2.52. The fraction of sp³-hybridized carbons (Fsp3) is 0.636. The van der Waals surface area contributed by atoms with Gasteiger partial charge < -0.3 is 15.8 Å². The van der Waals surface area contributed by atoms with Crippen molar-refractivity contribution in [1.82, 2.24) is 9.97 Å². The largest absolute Gasteiger partial charge is 0.433 e. The Morgan fingerprint density at radius 3 is 2.47 bits per heavy atom. The maximum Gasteiger partial charge on any atom is 0.433 e. The van der Waals surface area contributed by atoms with Gasteiger partial charge in [0.2, 0.25) is 5.95 Å². The first-order valence-corrected chi connectivity index (χ1v) is 5.71. The number of nitrogens with zero attached hydrogens (tertiary/aromatic N) is 2. The number of ether oxygens (including phenoxy) is 1. The first kappa shape index (κ1) is 15.5. The van der Waals surface area contributed by atoms with Crippen molar-refractivity contribution < 1.29 is 17.9 Å². The second kappa shape index (κ2) is 6.05. The topological polar surface area (TPSA) is 73.1 Å². The van der Waals surface area contributed by atoms with E-state index in [1.807, 2.05) is 13.8 Å². The molecule has 1 aromatic heterocycles. The van der Waals surface area contributed by atoms with Gasteiger partial charge in [-0.25, -0.2) is 4.98 Å². The molecule has 0 aromatic carbocycles. The van der Waals surface area contributed by atoms with E-state index in [9.17, 15) is 13.2 Å². The summed E-state index contributed by atoms with van der Waals surface area (Å²) in [5, 5.41) is 2.88. The summed E-state index contributed by atoms with van der Waals surface area (Å²) in [6, 6.07) is 0.668. The maximum atomic E-state index is 12.6. The van der Waals surface area contributed by atoms with Gasteiger partial charge in [-0.2, -0.15) is 18.2 Å². The summed E-state index contributed by atoms with van der Waals surface area (Å²) in [6.07, 6.45) is -4.55. The fourth-order valence-electron chi connectivity index (χ4n) is 1.46. The van der Waals surface area contributed by atoms with Gasteiger partial charge in [0, 0.05) is 13.2 Å². The molecule has 1 atom stereocenters. The lowest BCUT2D eigenvalue weighted by atomic mass is 10.1. The normalized spacial score (nSPS) is 13.6. The second-order valence-corrected chi connectivity index (χ2v) is 4.44. The number of hydrogen-bond acceptors (Lipinski definition) is 5. The monoisotopic (exact) mass is 278 g/mol. The molecule has 0 aliphatic carbocycles. The zero-order valence-corrected chi connectivity index (χ0v) is 11.0. The summed E-state index contributed by atoms with van der Waals surface area (Å²) in [5.41, 5.74) is 4.22. The Balaban J connectivity index is 2.97. The van der Waals surface area contributed by atoms with E-state index in [2.05, 4.69) is 15.3 Å². The molecule has 0 aliphatic heterocycles. The molecule has 0 fully saturated rings. The predicted molar refractivity (Wildman–Crippen MR) is 65.6 cm³/mol. The molecule has 1 heterocycles. The van der Waals surface area contributed by atoms with Crippen molar-refractivity contribution in [3.8, 4) is 0 Å². The molecule has 1 unspecified atom stereocenters. The molecule has 0 saturated carbocycles. The minimum atomic E-state index is -4.55. The molecule has 0 bridgehead atoms. The van der Waals surface area contributed by atoms with E-state index in [4.69, 9.17) is 10.5 Å². The average molecular weight is 278 g/mol. The lowest BCUT2D eigenvalue weighted by molar-refractivity contribution is -0.141. The summed E-state index contributed by atoms with van der Waals surface area (Å²) in [5.74, 6) is -0.224. The zero-order valence-electron chi connectivity index (χ0n) is 11.0. The Morgan fingerprint density at radius 2 is 2.00 bits per heavy atom. The van der Waals surface area contributed by atoms with Crippen LogP contribution in [-0.4, -0.2) is 29.7 Å². The minimum absolute atomic E-state index is 0.0376. The number of aromatic nitrogens is 2. The van der Waals surface area contributed by atoms with Crippen LogP contribution in [0.3, 0.4) is 0 Å². The molecular weight excluding hydrogens is 261 g/mol. The zero-order chi connectivity index (χ0) is 14.6. The number of nitrogens with two attached hydrogens (primary N) is 1. The lowest BCUT2D eigenvalue weighted by Gasteiger charge is -2.22. The van der Waals surface area contributed by atoms with Crippen molar-refractivity contribution in [3.63, 3.8) is 0 Å². The van der Waals surface area contributed by atoms with Crippen LogP contribution >= 0.6 is 0 Å². The summed E-state index contributed by atoms with van der Waals surface area (Å²) < 4.78 is 42.8. The van der Waals surface area contributed by atoms with Crippen molar-refractivity contribution >= 4 is 11.8 Å². The molecule has 19 heavy (non-hydrogen) atoms. The Labute approximate surface area is 109 Å². The second-order valence-electron chi connectivity index (χ2n) is 4.44. The molecule has 5 nitrogen and oxygen atoms in total. The van der Waals surface area contributed by atoms with Crippen LogP contribution in [-0.2, 0) is 10.9 Å². The summed E-state index contributed by atoms with van der Waals surface area (Å²) >= 11 is 0. The molecule has 1 aromatic rings. The predicted octanol–water partition coefficient (Wildman–Crippen LogP) is 2.16. The van der Waals surface area contributed by atoms with E-state index in [1.54, 1.807) is 0 Å². The number of anilines is 2. The Hall–Kier alpha value is -1.57. The molecular formula is C11H17F3N4O. The molecule has 0 aliphatic rings. The van der Waals surface area contributed by atoms with Gasteiger partial charge in [0.15, 0.2) is 5.69 Å². The highest BCUT2D eigenvalue weighted by atomic mass is 19.4. The third kappa shape index (κ3) is 4.55. The van der Waals surface area contributed by atoms with Gasteiger partial charge in [-0.15, -0.1) is 0 Å². The molecule has 0 saturated heterocycles. The van der Waals surface area contributed by atoms with E-state index in [0.29, 0.717) is 6.61 Å². The number of methoxy groups -OCH3 is 1. The van der Waals surface area contributed by atoms with Gasteiger partial charge in [0.25, 0.3) is 0 Å². The van der Waals surface area contributed by atoms with Gasteiger partial charge in [-0.05, 0) is 5.92 Å². The van der Waals surface area contributed by atoms with Gasteiger partial charge in [-0.3, -0.25) is 0 Å². The highest BCUT2D eigenvalue weighted by Crippen LogP contribution is 2.29. The van der Waals surface area contributed by atoms with Gasteiger partial charge in [-0.1, -0.05) is 13.8 Å². The average Bonchev–Trinajstić information content (AvgIpc) is 2.26. The van der Waals surface area contributed by atoms with E-state index in [0.717, 1.165) is 6.07 Å². The van der Waals surface area contributed by atoms with E-state index in [1.165, 1.54) is 7.11 Å². The molecule has 1 rings (SSSR count). The summed E-state index contributed by atoms with van der Waals surface area (Å²) in [7, 11) is 1.52. The molecule has 108 valence electrons. The molecule has 3 N–H and O–H groups in total. The maximum absolute atomic E-state index is 12.6. The van der Waals surface area contributed by atoms with Crippen molar-refractivity contribution in [2.24, 2.45) is 5.92 Å². The SMILES string of the molecule is COCC(Nc1cc(C(F)(F)F)nc(N)n1)C(C)C. The van der Waals surface area contributed by atoms with Crippen LogP contribution in [0.1, 0.15) is 19.5 Å². The lowest BCUT2D eigenvalue weighted by Crippen LogP contribution is -2.31. The van der Waals surface area contributed by atoms with Crippen molar-refractivity contribution in [3.05, 3.63) is 11.8 Å². The third-order valence-corrected chi connectivity index (χ3v) is 2.52. The van der Waals surface area contributed by atoms with E-state index in [-0.39, 0.29) is 17.8 Å². The number of hydrogen-bond donors (Lipinski definition) is 2. The Morgan fingerprint density at radius 1 is 1.37 bits per heavy atom. The van der Waals surface area contributed by atoms with Crippen LogP contribution in [0.15, 0.2) is 6.07 Å². The minimum Gasteiger partial charge on any atom is -0.383 e. The van der Waals surface area contributed by atoms with E-state index >= 15 is 0 Å². The van der Waals surface area contributed by atoms with Crippen LogP contribution in [0.5, 0.6) is 0 Å². The Bertz CT molecular complexity index is 423. The van der Waals surface area contributed by atoms with Gasteiger partial charge in [0.1, 0.15) is 5.82 Å². The Kier molecular flexibility index (Phi) is 4.93. The number of nitrogen functional groups attached to an aromatic ring is 1. The summed E-state index contributed by atoms with van der Waals surface area (Å²) in [6.45, 7) is 4.20. The van der Waals surface area contributed by atoms with Crippen LogP contribution in [0.25, 0.3) is 0 Å². The molecule has 0 amide bonds. The molecule has 0 radical (unpaired) electrons. The highest BCUT2D eigenvalue weighted by Gasteiger charge is 2.33. The highest BCUT2D eigenvalue weighted by molar-refractivity contribution is 5.42.